The maximum absolute atomic E-state index is 12.2. The zero-order chi connectivity index (χ0) is 17.5. The van der Waals surface area contributed by atoms with E-state index < -0.39 is 0 Å². The second-order valence-electron chi connectivity index (χ2n) is 6.34. The Hall–Kier alpha value is -1.72. The van der Waals surface area contributed by atoms with Gasteiger partial charge in [0.05, 0.1) is 5.01 Å². The predicted molar refractivity (Wildman–Crippen MR) is 102 cm³/mol. The molecule has 0 fully saturated rings. The summed E-state index contributed by atoms with van der Waals surface area (Å²) in [6.07, 6.45) is 2.51. The molecule has 2 aromatic rings. The summed E-state index contributed by atoms with van der Waals surface area (Å²) in [4.78, 5) is 16.6. The van der Waals surface area contributed by atoms with Gasteiger partial charge < -0.3 is 10.6 Å². The molecule has 0 saturated heterocycles. The molecule has 1 amide bonds. The zero-order valence-electron chi connectivity index (χ0n) is 15.0. The number of aromatic nitrogens is 1. The first kappa shape index (κ1) is 18.6. The van der Waals surface area contributed by atoms with Gasteiger partial charge in [-0.15, -0.1) is 11.3 Å². The number of nitrogens with zero attached hydrogens (tertiary/aromatic N) is 1. The fourth-order valence-electron chi connectivity index (χ4n) is 2.54. The summed E-state index contributed by atoms with van der Waals surface area (Å²) < 4.78 is 0. The summed E-state index contributed by atoms with van der Waals surface area (Å²) in [5, 5.41) is 9.71. The van der Waals surface area contributed by atoms with Crippen LogP contribution in [0.2, 0.25) is 0 Å². The Labute approximate surface area is 148 Å². The summed E-state index contributed by atoms with van der Waals surface area (Å²) in [5.41, 5.74) is 4.33. The molecule has 5 heteroatoms. The molecule has 0 aliphatic heterocycles. The lowest BCUT2D eigenvalue weighted by Gasteiger charge is -2.15. The zero-order valence-corrected chi connectivity index (χ0v) is 15.8. The Morgan fingerprint density at radius 3 is 2.79 bits per heavy atom. The topological polar surface area (TPSA) is 54.0 Å². The quantitative estimate of drug-likeness (QED) is 0.711. The lowest BCUT2D eigenvalue weighted by molar-refractivity contribution is -0.116. The highest BCUT2D eigenvalue weighted by atomic mass is 32.1. The minimum Gasteiger partial charge on any atom is -0.326 e. The van der Waals surface area contributed by atoms with Gasteiger partial charge in [0, 0.05) is 35.6 Å². The van der Waals surface area contributed by atoms with Gasteiger partial charge in [-0.25, -0.2) is 4.98 Å². The monoisotopic (exact) mass is 345 g/mol. The average Bonchev–Trinajstić information content (AvgIpc) is 2.94. The number of amides is 1. The van der Waals surface area contributed by atoms with E-state index in [9.17, 15) is 4.79 Å². The normalized spacial score (nSPS) is 12.2. The second-order valence-corrected chi connectivity index (χ2v) is 7.28. The smallest absolute Gasteiger partial charge is 0.225 e. The van der Waals surface area contributed by atoms with Crippen LogP contribution in [0.4, 0.5) is 5.69 Å². The van der Waals surface area contributed by atoms with E-state index in [0.29, 0.717) is 6.42 Å². The van der Waals surface area contributed by atoms with Gasteiger partial charge >= 0.3 is 0 Å². The molecule has 0 bridgehead atoms. The molecule has 0 spiro atoms. The van der Waals surface area contributed by atoms with Crippen LogP contribution in [0.25, 0.3) is 0 Å². The highest BCUT2D eigenvalue weighted by Crippen LogP contribution is 2.18. The fraction of sp³-hybridized carbons (Fsp3) is 0.474. The Balaban J connectivity index is 1.68. The number of rotatable bonds is 8. The Morgan fingerprint density at radius 2 is 2.08 bits per heavy atom. The fourth-order valence-corrected chi connectivity index (χ4v) is 3.36. The van der Waals surface area contributed by atoms with E-state index in [1.807, 2.05) is 26.0 Å². The van der Waals surface area contributed by atoms with Gasteiger partial charge in [0.1, 0.15) is 0 Å². The van der Waals surface area contributed by atoms with Crippen LogP contribution in [0.15, 0.2) is 23.6 Å². The molecule has 1 atom stereocenters. The number of anilines is 1. The number of aryl methyl sites for hydroxylation is 3. The van der Waals surface area contributed by atoms with Crippen LogP contribution >= 0.6 is 11.3 Å². The van der Waals surface area contributed by atoms with Gasteiger partial charge in [-0.1, -0.05) is 12.1 Å². The van der Waals surface area contributed by atoms with E-state index in [1.165, 1.54) is 10.6 Å². The van der Waals surface area contributed by atoms with Crippen molar-refractivity contribution < 1.29 is 4.79 Å². The van der Waals surface area contributed by atoms with E-state index in [1.54, 1.807) is 11.3 Å². The summed E-state index contributed by atoms with van der Waals surface area (Å²) >= 11 is 1.72. The van der Waals surface area contributed by atoms with Crippen molar-refractivity contribution in [3.8, 4) is 0 Å². The number of nitrogens with one attached hydrogen (secondary N) is 2. The summed E-state index contributed by atoms with van der Waals surface area (Å²) in [5.74, 6) is 0.0549. The molecule has 2 N–H and O–H groups in total. The van der Waals surface area contributed by atoms with E-state index >= 15 is 0 Å². The van der Waals surface area contributed by atoms with Crippen molar-refractivity contribution >= 4 is 22.9 Å². The van der Waals surface area contributed by atoms with Gasteiger partial charge in [-0.2, -0.15) is 0 Å². The van der Waals surface area contributed by atoms with Crippen LogP contribution in [0, 0.1) is 20.8 Å². The van der Waals surface area contributed by atoms with Gasteiger partial charge in [-0.05, 0) is 57.9 Å². The van der Waals surface area contributed by atoms with Crippen LogP contribution in [0.3, 0.4) is 0 Å². The average molecular weight is 346 g/mol. The van der Waals surface area contributed by atoms with Crippen molar-refractivity contribution in [2.75, 3.05) is 11.9 Å². The molecule has 130 valence electrons. The first-order chi connectivity index (χ1) is 11.5. The van der Waals surface area contributed by atoms with Crippen LogP contribution < -0.4 is 10.6 Å². The van der Waals surface area contributed by atoms with Gasteiger partial charge in [0.15, 0.2) is 0 Å². The third-order valence-electron chi connectivity index (χ3n) is 4.10. The minimum absolute atomic E-state index is 0.0549. The molecule has 4 nitrogen and oxygen atoms in total. The van der Waals surface area contributed by atoms with Gasteiger partial charge in [0.25, 0.3) is 0 Å². The predicted octanol–water partition coefficient (Wildman–Crippen LogP) is 4.01. The van der Waals surface area contributed by atoms with Crippen molar-refractivity contribution in [1.82, 2.24) is 10.3 Å². The molecule has 2 rings (SSSR count). The maximum atomic E-state index is 12.2. The Kier molecular flexibility index (Phi) is 6.94. The van der Waals surface area contributed by atoms with Crippen molar-refractivity contribution in [3.05, 3.63) is 45.4 Å². The molecule has 1 aromatic heterocycles. The molecule has 0 radical (unpaired) electrons. The Morgan fingerprint density at radius 1 is 1.29 bits per heavy atom. The molecule has 1 heterocycles. The minimum atomic E-state index is 0.0549. The van der Waals surface area contributed by atoms with Gasteiger partial charge in [0.2, 0.25) is 5.91 Å². The standard InChI is InChI=1S/C19H27N3OS/c1-13-7-5-8-17(16(13)4)22-18(23)11-14(2)20-10-6-9-19-21-15(3)12-24-19/h5,7-8,12,14,20H,6,9-11H2,1-4H3,(H,22,23)/t14-/m1/s1. The Bertz CT molecular complexity index is 681. The maximum Gasteiger partial charge on any atom is 0.225 e. The number of benzene rings is 1. The first-order valence-corrected chi connectivity index (χ1v) is 9.34. The van der Waals surface area contributed by atoms with Crippen molar-refractivity contribution in [1.29, 1.82) is 0 Å². The largest absolute Gasteiger partial charge is 0.326 e. The summed E-state index contributed by atoms with van der Waals surface area (Å²) in [6, 6.07) is 6.14. The molecule has 1 aromatic carbocycles. The SMILES string of the molecule is Cc1csc(CCCN[C@H](C)CC(=O)Nc2cccc(C)c2C)n1. The highest BCUT2D eigenvalue weighted by Gasteiger charge is 2.10. The van der Waals surface area contributed by atoms with Crippen molar-refractivity contribution in [3.63, 3.8) is 0 Å². The number of thiazole rings is 1. The second kappa shape index (κ2) is 8.94. The first-order valence-electron chi connectivity index (χ1n) is 8.46. The van der Waals surface area contributed by atoms with Crippen molar-refractivity contribution in [2.24, 2.45) is 0 Å². The van der Waals surface area contributed by atoms with Crippen LogP contribution in [-0.2, 0) is 11.2 Å². The molecular weight excluding hydrogens is 318 g/mol. The number of carbonyl (C=O) groups is 1. The third kappa shape index (κ3) is 5.73. The van der Waals surface area contributed by atoms with Crippen LogP contribution in [-0.4, -0.2) is 23.5 Å². The van der Waals surface area contributed by atoms with E-state index in [4.69, 9.17) is 0 Å². The summed E-state index contributed by atoms with van der Waals surface area (Å²) in [7, 11) is 0. The van der Waals surface area contributed by atoms with E-state index in [-0.39, 0.29) is 11.9 Å². The number of hydrogen-bond donors (Lipinski definition) is 2. The molecule has 0 aliphatic carbocycles. The van der Waals surface area contributed by atoms with E-state index in [0.717, 1.165) is 36.3 Å². The van der Waals surface area contributed by atoms with Crippen LogP contribution in [0.5, 0.6) is 0 Å². The summed E-state index contributed by atoms with van der Waals surface area (Å²) in [6.45, 7) is 9.06. The molecule has 0 saturated carbocycles. The highest BCUT2D eigenvalue weighted by molar-refractivity contribution is 7.09. The number of hydrogen-bond acceptors (Lipinski definition) is 4. The molecule has 24 heavy (non-hydrogen) atoms. The lowest BCUT2D eigenvalue weighted by Crippen LogP contribution is -2.31. The van der Waals surface area contributed by atoms with Gasteiger partial charge in [-0.3, -0.25) is 4.79 Å². The van der Waals surface area contributed by atoms with Crippen LogP contribution in [0.1, 0.15) is 41.6 Å². The molecule has 0 unspecified atom stereocenters. The molecular formula is C19H27N3OS. The third-order valence-corrected chi connectivity index (χ3v) is 5.12. The molecule has 0 aliphatic rings. The van der Waals surface area contributed by atoms with Crippen molar-refractivity contribution in [2.45, 2.75) is 53.0 Å². The number of carbonyl (C=O) groups excluding carboxylic acids is 1. The lowest BCUT2D eigenvalue weighted by atomic mass is 10.1. The van der Waals surface area contributed by atoms with E-state index in [2.05, 4.69) is 40.9 Å².